The molecular formula is C24H29N3O3S. The van der Waals surface area contributed by atoms with Gasteiger partial charge in [0.2, 0.25) is 10.0 Å². The number of benzene rings is 2. The second-order valence-electron chi connectivity index (χ2n) is 8.85. The molecule has 1 N–H and O–H groups in total. The van der Waals surface area contributed by atoms with Crippen LogP contribution in [0.5, 0.6) is 0 Å². The normalized spacial score (nSPS) is 21.2. The van der Waals surface area contributed by atoms with Crippen molar-refractivity contribution in [3.63, 3.8) is 0 Å². The molecule has 0 atom stereocenters. The molecule has 2 fully saturated rings. The minimum absolute atomic E-state index is 0.180. The van der Waals surface area contributed by atoms with Crippen LogP contribution in [-0.4, -0.2) is 50.7 Å². The second-order valence-corrected chi connectivity index (χ2v) is 10.9. The number of nitrogens with one attached hydrogen (secondary N) is 1. The highest BCUT2D eigenvalue weighted by molar-refractivity contribution is 7.93. The Balaban J connectivity index is 1.25. The molecular weight excluding hydrogens is 410 g/mol. The average molecular weight is 440 g/mol. The highest BCUT2D eigenvalue weighted by atomic mass is 32.2. The Bertz CT molecular complexity index is 1080. The molecule has 0 bridgehead atoms. The van der Waals surface area contributed by atoms with Gasteiger partial charge in [-0.05, 0) is 79.6 Å². The van der Waals surface area contributed by atoms with Gasteiger partial charge in [-0.2, -0.15) is 0 Å². The van der Waals surface area contributed by atoms with Gasteiger partial charge in [-0.15, -0.1) is 0 Å². The van der Waals surface area contributed by atoms with Crippen LogP contribution in [0.3, 0.4) is 0 Å². The summed E-state index contributed by atoms with van der Waals surface area (Å²) in [5.74, 6) is 0.00639. The fraction of sp³-hybridized carbons (Fsp3) is 0.458. The van der Waals surface area contributed by atoms with E-state index >= 15 is 0 Å². The fourth-order valence-electron chi connectivity index (χ4n) is 4.85. The Morgan fingerprint density at radius 3 is 2.29 bits per heavy atom. The zero-order valence-corrected chi connectivity index (χ0v) is 18.5. The monoisotopic (exact) mass is 439 g/mol. The Morgan fingerprint density at radius 2 is 1.65 bits per heavy atom. The van der Waals surface area contributed by atoms with Crippen LogP contribution in [0.25, 0.3) is 0 Å². The van der Waals surface area contributed by atoms with E-state index in [1.165, 1.54) is 34.7 Å². The summed E-state index contributed by atoms with van der Waals surface area (Å²) < 4.78 is 25.6. The number of nitrogens with zero attached hydrogens (tertiary/aromatic N) is 2. The lowest BCUT2D eigenvalue weighted by molar-refractivity contribution is 0.102. The number of hydrogen-bond acceptors (Lipinski definition) is 4. The smallest absolute Gasteiger partial charge is 0.255 e. The minimum Gasteiger partial charge on any atom is -0.322 e. The Hall–Kier alpha value is -2.38. The van der Waals surface area contributed by atoms with Crippen LogP contribution in [0.4, 0.5) is 11.4 Å². The van der Waals surface area contributed by atoms with Crippen molar-refractivity contribution in [3.8, 4) is 0 Å². The van der Waals surface area contributed by atoms with E-state index in [1.54, 1.807) is 24.3 Å². The molecule has 164 valence electrons. The molecule has 0 unspecified atom stereocenters. The summed E-state index contributed by atoms with van der Waals surface area (Å²) in [6.07, 6.45) is 6.76. The first kappa shape index (κ1) is 20.5. The molecule has 0 radical (unpaired) electrons. The lowest BCUT2D eigenvalue weighted by Gasteiger charge is -2.36. The van der Waals surface area contributed by atoms with Crippen molar-refractivity contribution < 1.29 is 13.2 Å². The van der Waals surface area contributed by atoms with E-state index in [0.29, 0.717) is 24.2 Å². The van der Waals surface area contributed by atoms with Crippen molar-refractivity contribution in [3.05, 3.63) is 59.2 Å². The third-order valence-corrected chi connectivity index (χ3v) is 8.78. The van der Waals surface area contributed by atoms with Crippen molar-refractivity contribution in [2.24, 2.45) is 0 Å². The number of sulfonamides is 1. The maximum absolute atomic E-state index is 12.7. The average Bonchev–Trinajstić information content (AvgIpc) is 2.95. The van der Waals surface area contributed by atoms with E-state index in [-0.39, 0.29) is 11.7 Å². The molecule has 0 spiro atoms. The summed E-state index contributed by atoms with van der Waals surface area (Å²) in [4.78, 5) is 15.4. The topological polar surface area (TPSA) is 69.7 Å². The molecule has 2 heterocycles. The Morgan fingerprint density at radius 1 is 0.903 bits per heavy atom. The summed E-state index contributed by atoms with van der Waals surface area (Å²) in [7, 11) is -3.21. The lowest BCUT2D eigenvalue weighted by atomic mass is 9.91. The van der Waals surface area contributed by atoms with E-state index in [4.69, 9.17) is 0 Å². The second kappa shape index (κ2) is 8.28. The summed E-state index contributed by atoms with van der Waals surface area (Å²) in [6, 6.07) is 13.8. The van der Waals surface area contributed by atoms with Crippen LogP contribution in [0.1, 0.15) is 47.2 Å². The molecule has 0 aromatic heterocycles. The van der Waals surface area contributed by atoms with Gasteiger partial charge in [0, 0.05) is 36.9 Å². The van der Waals surface area contributed by atoms with Gasteiger partial charge in [0.05, 0.1) is 11.4 Å². The van der Waals surface area contributed by atoms with E-state index in [0.717, 1.165) is 37.7 Å². The molecule has 1 saturated carbocycles. The quantitative estimate of drug-likeness (QED) is 0.792. The molecule has 5 rings (SSSR count). The van der Waals surface area contributed by atoms with Gasteiger partial charge in [0.25, 0.3) is 5.91 Å². The van der Waals surface area contributed by atoms with Crippen molar-refractivity contribution in [1.82, 2.24) is 4.90 Å². The molecule has 2 aromatic carbocycles. The maximum Gasteiger partial charge on any atom is 0.255 e. The standard InChI is InChI=1S/C24H29N3O3S/c28-24(19-6-9-23(10-7-19)27-13-2-16-31(27,29)30)25-21-8-5-18-11-14-26(22-3-1-4-22)15-12-20(18)17-21/h5-10,17,22H,1-4,11-16H2,(H,25,28). The number of carbonyl (C=O) groups is 1. The van der Waals surface area contributed by atoms with Gasteiger partial charge in [0.1, 0.15) is 0 Å². The molecule has 1 amide bonds. The van der Waals surface area contributed by atoms with Gasteiger partial charge in [-0.3, -0.25) is 14.0 Å². The summed E-state index contributed by atoms with van der Waals surface area (Å²) >= 11 is 0. The number of rotatable bonds is 4. The minimum atomic E-state index is -3.21. The summed E-state index contributed by atoms with van der Waals surface area (Å²) in [6.45, 7) is 2.72. The van der Waals surface area contributed by atoms with Gasteiger partial charge in [0.15, 0.2) is 0 Å². The molecule has 6 nitrogen and oxygen atoms in total. The number of amides is 1. The van der Waals surface area contributed by atoms with Gasteiger partial charge in [-0.1, -0.05) is 12.5 Å². The van der Waals surface area contributed by atoms with Crippen LogP contribution in [0.2, 0.25) is 0 Å². The Labute approximate surface area is 184 Å². The first-order chi connectivity index (χ1) is 15.0. The lowest BCUT2D eigenvalue weighted by Crippen LogP contribution is -2.41. The zero-order valence-electron chi connectivity index (χ0n) is 17.7. The van der Waals surface area contributed by atoms with Crippen LogP contribution >= 0.6 is 0 Å². The summed E-state index contributed by atoms with van der Waals surface area (Å²) in [5, 5.41) is 3.01. The molecule has 3 aliphatic rings. The third kappa shape index (κ3) is 4.21. The van der Waals surface area contributed by atoms with E-state index in [9.17, 15) is 13.2 Å². The molecule has 1 saturated heterocycles. The fourth-order valence-corrected chi connectivity index (χ4v) is 6.41. The number of anilines is 2. The first-order valence-electron chi connectivity index (χ1n) is 11.3. The summed E-state index contributed by atoms with van der Waals surface area (Å²) in [5.41, 5.74) is 4.67. The van der Waals surface area contributed by atoms with Crippen molar-refractivity contribution in [2.45, 2.75) is 44.6 Å². The van der Waals surface area contributed by atoms with Gasteiger partial charge < -0.3 is 5.32 Å². The molecule has 7 heteroatoms. The van der Waals surface area contributed by atoms with E-state index in [2.05, 4.69) is 22.3 Å². The molecule has 2 aliphatic heterocycles. The number of fused-ring (bicyclic) bond motifs is 1. The highest BCUT2D eigenvalue weighted by Gasteiger charge is 2.28. The first-order valence-corrected chi connectivity index (χ1v) is 12.9. The van der Waals surface area contributed by atoms with Crippen LogP contribution < -0.4 is 9.62 Å². The van der Waals surface area contributed by atoms with E-state index < -0.39 is 10.0 Å². The van der Waals surface area contributed by atoms with Crippen molar-refractivity contribution in [2.75, 3.05) is 35.0 Å². The molecule has 31 heavy (non-hydrogen) atoms. The zero-order chi connectivity index (χ0) is 21.4. The number of carbonyl (C=O) groups excluding carboxylic acids is 1. The number of hydrogen-bond donors (Lipinski definition) is 1. The predicted molar refractivity (Wildman–Crippen MR) is 123 cm³/mol. The van der Waals surface area contributed by atoms with Crippen molar-refractivity contribution >= 4 is 27.3 Å². The van der Waals surface area contributed by atoms with Crippen LogP contribution in [-0.2, 0) is 22.9 Å². The van der Waals surface area contributed by atoms with Crippen LogP contribution in [0, 0.1) is 0 Å². The predicted octanol–water partition coefficient (Wildman–Crippen LogP) is 3.43. The highest BCUT2D eigenvalue weighted by Crippen LogP contribution is 2.29. The Kier molecular flexibility index (Phi) is 5.48. The maximum atomic E-state index is 12.7. The molecule has 1 aliphatic carbocycles. The van der Waals surface area contributed by atoms with Crippen molar-refractivity contribution in [1.29, 1.82) is 0 Å². The third-order valence-electron chi connectivity index (χ3n) is 6.91. The van der Waals surface area contributed by atoms with Gasteiger partial charge in [-0.25, -0.2) is 8.42 Å². The largest absolute Gasteiger partial charge is 0.322 e. The SMILES string of the molecule is O=C(Nc1ccc2c(c1)CCN(C1CCC1)CC2)c1ccc(N2CCCS2(=O)=O)cc1. The molecule has 2 aromatic rings. The van der Waals surface area contributed by atoms with E-state index in [1.807, 2.05) is 6.07 Å². The van der Waals surface area contributed by atoms with Crippen LogP contribution in [0.15, 0.2) is 42.5 Å². The van der Waals surface area contributed by atoms with Gasteiger partial charge >= 0.3 is 0 Å².